The second-order valence-corrected chi connectivity index (χ2v) is 7.42. The highest BCUT2D eigenvalue weighted by Gasteiger charge is 2.50. The Morgan fingerprint density at radius 3 is 2.49 bits per heavy atom. The Bertz CT molecular complexity index is 1060. The molecule has 0 aliphatic carbocycles. The normalized spacial score (nSPS) is 18.2. The molecule has 0 saturated carbocycles. The van der Waals surface area contributed by atoms with E-state index in [2.05, 4.69) is 15.5 Å². The van der Waals surface area contributed by atoms with Gasteiger partial charge in [-0.05, 0) is 36.6 Å². The number of carbonyl (C=O) groups is 3. The second-order valence-electron chi connectivity index (χ2n) is 7.42. The van der Waals surface area contributed by atoms with Crippen LogP contribution in [-0.4, -0.2) is 58.4 Å². The molecule has 1 fully saturated rings. The average Bonchev–Trinajstić information content (AvgIpc) is 2.80. The lowest BCUT2D eigenvalue weighted by atomic mass is 9.83. The van der Waals surface area contributed by atoms with E-state index in [9.17, 15) is 22.8 Å². The monoisotopic (exact) mass is 495 g/mol. The molecule has 0 bridgehead atoms. The number of aromatic nitrogens is 1. The minimum Gasteiger partial charge on any atom is -0.475 e. The summed E-state index contributed by atoms with van der Waals surface area (Å²) in [5.74, 6) is -3.05. The molecule has 1 aromatic heterocycles. The predicted molar refractivity (Wildman–Crippen MR) is 119 cm³/mol. The highest BCUT2D eigenvalue weighted by molar-refractivity contribution is 6.06. The number of likely N-dealkylation sites (tertiary alicyclic amines) is 1. The molecular weight excluding hydrogens is 471 g/mol. The fraction of sp³-hybridized carbons (Fsp3) is 0.318. The van der Waals surface area contributed by atoms with E-state index in [1.165, 1.54) is 18.2 Å². The number of alkyl halides is 3. The van der Waals surface area contributed by atoms with Gasteiger partial charge in [0.2, 0.25) is 5.91 Å². The Hall–Kier alpha value is -4.16. The van der Waals surface area contributed by atoms with E-state index in [-0.39, 0.29) is 11.9 Å². The fourth-order valence-corrected chi connectivity index (χ4v) is 3.26. The molecule has 4 N–H and O–H groups in total. The van der Waals surface area contributed by atoms with Gasteiger partial charge >= 0.3 is 18.2 Å². The van der Waals surface area contributed by atoms with E-state index in [0.717, 1.165) is 11.1 Å². The number of urea groups is 1. The maximum Gasteiger partial charge on any atom is 0.490 e. The summed E-state index contributed by atoms with van der Waals surface area (Å²) in [4.78, 5) is 44.2. The van der Waals surface area contributed by atoms with E-state index < -0.39 is 30.1 Å². The van der Waals surface area contributed by atoms with Gasteiger partial charge in [0.25, 0.3) is 0 Å². The fourth-order valence-electron chi connectivity index (χ4n) is 3.26. The van der Waals surface area contributed by atoms with Gasteiger partial charge in [-0.3, -0.25) is 9.69 Å². The third-order valence-corrected chi connectivity index (χ3v) is 4.99. The molecule has 1 aliphatic heterocycles. The topological polar surface area (TPSA) is 147 Å². The van der Waals surface area contributed by atoms with E-state index in [1.807, 2.05) is 37.3 Å². The van der Waals surface area contributed by atoms with Crippen molar-refractivity contribution in [2.75, 3.05) is 12.8 Å². The summed E-state index contributed by atoms with van der Waals surface area (Å²) in [6.45, 7) is 1.87. The van der Waals surface area contributed by atoms with Crippen molar-refractivity contribution in [1.29, 1.82) is 0 Å². The smallest absolute Gasteiger partial charge is 0.475 e. The maximum absolute atomic E-state index is 12.7. The van der Waals surface area contributed by atoms with Crippen LogP contribution in [0.4, 0.5) is 23.8 Å². The molecular formula is C22H24F3N5O5. The third-order valence-electron chi connectivity index (χ3n) is 4.99. The maximum atomic E-state index is 12.7. The molecule has 0 unspecified atom stereocenters. The summed E-state index contributed by atoms with van der Waals surface area (Å²) in [6.07, 6.45) is -1.58. The zero-order valence-electron chi connectivity index (χ0n) is 18.8. The van der Waals surface area contributed by atoms with Crippen molar-refractivity contribution in [1.82, 2.24) is 15.2 Å². The number of nitrogens with two attached hydrogens (primary N) is 1. The molecule has 10 nitrogen and oxygen atoms in total. The van der Waals surface area contributed by atoms with Crippen LogP contribution in [0, 0.1) is 5.92 Å². The summed E-state index contributed by atoms with van der Waals surface area (Å²) in [7, 11) is 1.41. The van der Waals surface area contributed by atoms with Gasteiger partial charge in [0.05, 0.1) is 24.2 Å². The summed E-state index contributed by atoms with van der Waals surface area (Å²) in [5, 5.41) is 13.8. The predicted octanol–water partition coefficient (Wildman–Crippen LogP) is 2.77. The van der Waals surface area contributed by atoms with Crippen LogP contribution in [0.1, 0.15) is 24.1 Å². The number of nitrogen functional groups attached to an aromatic ring is 1. The zero-order chi connectivity index (χ0) is 26.2. The van der Waals surface area contributed by atoms with Crippen molar-refractivity contribution >= 4 is 29.9 Å². The van der Waals surface area contributed by atoms with Gasteiger partial charge in [0.1, 0.15) is 12.9 Å². The number of pyridine rings is 1. The lowest BCUT2D eigenvalue weighted by molar-refractivity contribution is -0.192. The number of hydrogen-bond acceptors (Lipinski definition) is 7. The van der Waals surface area contributed by atoms with Gasteiger partial charge in [-0.2, -0.15) is 13.2 Å². The van der Waals surface area contributed by atoms with Gasteiger partial charge in [0, 0.05) is 6.20 Å². The molecule has 3 rings (SSSR count). The van der Waals surface area contributed by atoms with Crippen LogP contribution in [0.25, 0.3) is 0 Å². The first-order chi connectivity index (χ1) is 16.5. The Kier molecular flexibility index (Phi) is 9.14. The van der Waals surface area contributed by atoms with Crippen molar-refractivity contribution < 1.29 is 37.5 Å². The van der Waals surface area contributed by atoms with E-state index in [1.54, 1.807) is 18.3 Å². The highest BCUT2D eigenvalue weighted by atomic mass is 19.4. The molecule has 3 amide bonds. The summed E-state index contributed by atoms with van der Waals surface area (Å²) in [6, 6.07) is 11.9. The highest BCUT2D eigenvalue weighted by Crippen LogP contribution is 2.30. The number of oxime groups is 1. The number of hydrogen-bond donors (Lipinski definition) is 3. The number of β-lactam (4-membered cyclic amide) rings is 1. The summed E-state index contributed by atoms with van der Waals surface area (Å²) >= 11 is 0. The van der Waals surface area contributed by atoms with Crippen LogP contribution in [-0.2, 0) is 20.8 Å². The molecule has 13 heteroatoms. The first-order valence-electron chi connectivity index (χ1n) is 10.2. The van der Waals surface area contributed by atoms with Crippen LogP contribution in [0.3, 0.4) is 0 Å². The van der Waals surface area contributed by atoms with Crippen molar-refractivity contribution in [3.05, 3.63) is 59.8 Å². The first-order valence-corrected chi connectivity index (χ1v) is 10.2. The number of benzene rings is 1. The van der Waals surface area contributed by atoms with Crippen molar-refractivity contribution in [3.8, 4) is 0 Å². The Morgan fingerprint density at radius 1 is 1.31 bits per heavy atom. The van der Waals surface area contributed by atoms with Crippen LogP contribution in [0.5, 0.6) is 0 Å². The zero-order valence-corrected chi connectivity index (χ0v) is 18.8. The quantitative estimate of drug-likeness (QED) is 0.317. The number of anilines is 1. The number of imide groups is 1. The van der Waals surface area contributed by atoms with Crippen molar-refractivity contribution in [2.45, 2.75) is 31.6 Å². The van der Waals surface area contributed by atoms with Gasteiger partial charge in [-0.1, -0.05) is 35.5 Å². The standard InChI is InChI=1S/C20H23N5O3.C2HF3O2/c1-13(15-6-4-3-5-7-15)24-20(27)25-17(12-23-28-2)16(19(25)26)10-14-8-9-22-18(21)11-14;3-2(4,5)1(6)7/h3-9,11-13,16-17H,10H2,1-2H3,(H2,21,22)(H,24,27);(H,6,7)/t13-,16-,17-;/m1./s1. The minimum absolute atomic E-state index is 0.236. The number of amides is 3. The van der Waals surface area contributed by atoms with Crippen LogP contribution < -0.4 is 11.1 Å². The van der Waals surface area contributed by atoms with Crippen molar-refractivity contribution in [2.24, 2.45) is 11.1 Å². The molecule has 188 valence electrons. The number of carboxylic acids is 1. The van der Waals surface area contributed by atoms with Crippen LogP contribution in [0.2, 0.25) is 0 Å². The number of nitrogens with zero attached hydrogens (tertiary/aromatic N) is 3. The number of halogens is 3. The molecule has 0 spiro atoms. The van der Waals surface area contributed by atoms with Crippen LogP contribution in [0.15, 0.2) is 53.8 Å². The summed E-state index contributed by atoms with van der Waals surface area (Å²) < 4.78 is 31.7. The molecule has 1 aliphatic rings. The first kappa shape index (κ1) is 27.1. The SMILES string of the molecule is CON=C[C@@H]1[C@@H](Cc2ccnc(N)c2)C(=O)N1C(=O)N[C@H](C)c1ccccc1.O=C(O)C(F)(F)F. The molecule has 2 aromatic rings. The van der Waals surface area contributed by atoms with Gasteiger partial charge < -0.3 is 21.0 Å². The molecule has 1 saturated heterocycles. The Morgan fingerprint density at radius 2 is 1.94 bits per heavy atom. The average molecular weight is 495 g/mol. The van der Waals surface area contributed by atoms with Crippen LogP contribution >= 0.6 is 0 Å². The number of carboxylic acid groups (broad SMARTS) is 1. The largest absolute Gasteiger partial charge is 0.490 e. The molecule has 3 atom stereocenters. The third kappa shape index (κ3) is 7.42. The van der Waals surface area contributed by atoms with E-state index >= 15 is 0 Å². The van der Waals surface area contributed by atoms with Gasteiger partial charge in [-0.25, -0.2) is 14.6 Å². The lowest BCUT2D eigenvalue weighted by Crippen LogP contribution is -2.66. The second kappa shape index (κ2) is 11.8. The van der Waals surface area contributed by atoms with Crippen molar-refractivity contribution in [3.63, 3.8) is 0 Å². The minimum atomic E-state index is -5.08. The van der Waals surface area contributed by atoms with E-state index in [0.29, 0.717) is 12.2 Å². The molecule has 1 aromatic carbocycles. The molecule has 35 heavy (non-hydrogen) atoms. The molecule has 2 heterocycles. The lowest BCUT2D eigenvalue weighted by Gasteiger charge is -2.43. The Labute approximate surface area is 198 Å². The van der Waals surface area contributed by atoms with E-state index in [4.69, 9.17) is 20.5 Å². The Balaban J connectivity index is 0.000000540. The number of carbonyl (C=O) groups excluding carboxylic acids is 2. The number of rotatable bonds is 6. The number of aliphatic carboxylic acids is 1. The molecule has 0 radical (unpaired) electrons. The van der Waals surface area contributed by atoms with Gasteiger partial charge in [0.15, 0.2) is 0 Å². The summed E-state index contributed by atoms with van der Waals surface area (Å²) in [5.41, 5.74) is 7.54. The van der Waals surface area contributed by atoms with Gasteiger partial charge in [-0.15, -0.1) is 0 Å². The number of nitrogens with one attached hydrogen (secondary N) is 1.